The van der Waals surface area contributed by atoms with Gasteiger partial charge < -0.3 is 15.3 Å². The van der Waals surface area contributed by atoms with E-state index in [9.17, 15) is 4.79 Å². The van der Waals surface area contributed by atoms with Gasteiger partial charge >= 0.3 is 0 Å². The molecule has 0 radical (unpaired) electrons. The number of aliphatic hydroxyl groups is 1. The quantitative estimate of drug-likeness (QED) is 0.683. The summed E-state index contributed by atoms with van der Waals surface area (Å²) in [6.07, 6.45) is 3.80. The molecule has 2 aliphatic rings. The molecule has 1 aliphatic heterocycles. The lowest BCUT2D eigenvalue weighted by molar-refractivity contribution is -0.129. The first-order chi connectivity index (χ1) is 7.15. The van der Waals surface area contributed by atoms with Gasteiger partial charge in [0.15, 0.2) is 0 Å². The lowest BCUT2D eigenvalue weighted by atomic mass is 9.88. The molecule has 0 aromatic heterocycles. The Morgan fingerprint density at radius 3 is 2.33 bits per heavy atom. The average molecular weight is 212 g/mol. The number of nitrogens with one attached hydrogen (secondary N) is 1. The molecule has 2 rings (SSSR count). The van der Waals surface area contributed by atoms with Gasteiger partial charge in [0.25, 0.3) is 0 Å². The van der Waals surface area contributed by atoms with E-state index in [2.05, 4.69) is 5.32 Å². The van der Waals surface area contributed by atoms with Crippen LogP contribution in [0, 0.1) is 0 Å². The smallest absolute Gasteiger partial charge is 0.219 e. The predicted molar refractivity (Wildman–Crippen MR) is 57.4 cm³/mol. The number of likely N-dealkylation sites (tertiary alicyclic amines) is 1. The number of rotatable bonds is 2. The van der Waals surface area contributed by atoms with Crippen LogP contribution in [0.3, 0.4) is 0 Å². The third-order valence-corrected chi connectivity index (χ3v) is 3.52. The first-order valence-electron chi connectivity index (χ1n) is 5.85. The minimum atomic E-state index is -0.0835. The molecular weight excluding hydrogens is 192 g/mol. The lowest BCUT2D eigenvalue weighted by Gasteiger charge is -2.38. The molecule has 1 saturated carbocycles. The summed E-state index contributed by atoms with van der Waals surface area (Å²) in [5, 5.41) is 12.7. The maximum atomic E-state index is 11.1. The maximum absolute atomic E-state index is 11.1. The highest BCUT2D eigenvalue weighted by Gasteiger charge is 2.30. The summed E-state index contributed by atoms with van der Waals surface area (Å²) in [5.74, 6) is 0.188. The van der Waals surface area contributed by atoms with Crippen LogP contribution in [0.4, 0.5) is 0 Å². The number of amides is 1. The van der Waals surface area contributed by atoms with Crippen LogP contribution in [-0.2, 0) is 4.79 Å². The van der Waals surface area contributed by atoms with E-state index >= 15 is 0 Å². The molecule has 15 heavy (non-hydrogen) atoms. The van der Waals surface area contributed by atoms with Crippen molar-refractivity contribution in [2.45, 2.75) is 50.8 Å². The molecule has 1 amide bonds. The maximum Gasteiger partial charge on any atom is 0.219 e. The first-order valence-corrected chi connectivity index (χ1v) is 5.85. The molecule has 0 spiro atoms. The van der Waals surface area contributed by atoms with Crippen LogP contribution in [-0.4, -0.2) is 47.2 Å². The van der Waals surface area contributed by atoms with Crippen LogP contribution < -0.4 is 5.32 Å². The molecule has 1 saturated heterocycles. The van der Waals surface area contributed by atoms with Crippen molar-refractivity contribution in [3.05, 3.63) is 0 Å². The standard InChI is InChI=1S/C11H20N2O2/c1-8(14)13-4-2-9(3-5-13)12-10-6-11(15)7-10/h9-12,15H,2-7H2,1H3. The van der Waals surface area contributed by atoms with Gasteiger partial charge in [-0.3, -0.25) is 4.79 Å². The Bertz CT molecular complexity index is 231. The Morgan fingerprint density at radius 1 is 1.27 bits per heavy atom. The van der Waals surface area contributed by atoms with Gasteiger partial charge in [-0.2, -0.15) is 0 Å². The third-order valence-electron chi connectivity index (χ3n) is 3.52. The summed E-state index contributed by atoms with van der Waals surface area (Å²) in [4.78, 5) is 13.0. The molecule has 0 aromatic carbocycles. The molecule has 2 fully saturated rings. The molecule has 1 aliphatic carbocycles. The van der Waals surface area contributed by atoms with Crippen LogP contribution in [0.25, 0.3) is 0 Å². The van der Waals surface area contributed by atoms with Crippen molar-refractivity contribution in [3.63, 3.8) is 0 Å². The van der Waals surface area contributed by atoms with Gasteiger partial charge in [-0.25, -0.2) is 0 Å². The fourth-order valence-corrected chi connectivity index (χ4v) is 2.42. The van der Waals surface area contributed by atoms with E-state index in [1.54, 1.807) is 6.92 Å². The minimum Gasteiger partial charge on any atom is -0.393 e. The number of nitrogens with zero attached hydrogens (tertiary/aromatic N) is 1. The summed E-state index contributed by atoms with van der Waals surface area (Å²) in [5.41, 5.74) is 0. The highest BCUT2D eigenvalue weighted by atomic mass is 16.3. The fraction of sp³-hybridized carbons (Fsp3) is 0.909. The summed E-state index contributed by atoms with van der Waals surface area (Å²) in [7, 11) is 0. The van der Waals surface area contributed by atoms with Crippen molar-refractivity contribution in [1.29, 1.82) is 0 Å². The van der Waals surface area contributed by atoms with Gasteiger partial charge in [-0.1, -0.05) is 0 Å². The van der Waals surface area contributed by atoms with E-state index in [0.717, 1.165) is 38.8 Å². The molecule has 0 unspecified atom stereocenters. The molecule has 2 N–H and O–H groups in total. The largest absolute Gasteiger partial charge is 0.393 e. The fourth-order valence-electron chi connectivity index (χ4n) is 2.42. The van der Waals surface area contributed by atoms with Crippen molar-refractivity contribution in [3.8, 4) is 0 Å². The Labute approximate surface area is 90.6 Å². The lowest BCUT2D eigenvalue weighted by Crippen LogP contribution is -2.52. The van der Waals surface area contributed by atoms with Crippen LogP contribution >= 0.6 is 0 Å². The van der Waals surface area contributed by atoms with Gasteiger partial charge in [-0.15, -0.1) is 0 Å². The van der Waals surface area contributed by atoms with E-state index in [1.165, 1.54) is 0 Å². The molecule has 86 valence electrons. The van der Waals surface area contributed by atoms with Crippen LogP contribution in [0.5, 0.6) is 0 Å². The number of carbonyl (C=O) groups excluding carboxylic acids is 1. The van der Waals surface area contributed by atoms with E-state index in [0.29, 0.717) is 12.1 Å². The Kier molecular flexibility index (Phi) is 3.26. The van der Waals surface area contributed by atoms with E-state index in [4.69, 9.17) is 5.11 Å². The summed E-state index contributed by atoms with van der Waals surface area (Å²) < 4.78 is 0. The van der Waals surface area contributed by atoms with Gasteiger partial charge in [0.1, 0.15) is 0 Å². The molecule has 0 aromatic rings. The van der Waals surface area contributed by atoms with Crippen LogP contribution in [0.2, 0.25) is 0 Å². The summed E-state index contributed by atoms with van der Waals surface area (Å²) in [6, 6.07) is 1.05. The summed E-state index contributed by atoms with van der Waals surface area (Å²) in [6.45, 7) is 3.39. The molecule has 4 nitrogen and oxygen atoms in total. The highest BCUT2D eigenvalue weighted by Crippen LogP contribution is 2.22. The zero-order valence-corrected chi connectivity index (χ0v) is 9.28. The molecule has 1 heterocycles. The highest BCUT2D eigenvalue weighted by molar-refractivity contribution is 5.73. The van der Waals surface area contributed by atoms with Crippen LogP contribution in [0.15, 0.2) is 0 Å². The Hall–Kier alpha value is -0.610. The second kappa shape index (κ2) is 4.49. The van der Waals surface area contributed by atoms with Gasteiger partial charge in [0.2, 0.25) is 5.91 Å². The average Bonchev–Trinajstić information content (AvgIpc) is 2.16. The Morgan fingerprint density at radius 2 is 1.87 bits per heavy atom. The zero-order chi connectivity index (χ0) is 10.8. The van der Waals surface area contributed by atoms with Crippen molar-refractivity contribution >= 4 is 5.91 Å². The number of aliphatic hydroxyl groups excluding tert-OH is 1. The van der Waals surface area contributed by atoms with Gasteiger partial charge in [0.05, 0.1) is 6.10 Å². The van der Waals surface area contributed by atoms with Gasteiger partial charge in [0, 0.05) is 32.1 Å². The Balaban J connectivity index is 1.67. The van der Waals surface area contributed by atoms with E-state index in [1.807, 2.05) is 4.90 Å². The number of piperidine rings is 1. The molecule has 4 heteroatoms. The van der Waals surface area contributed by atoms with Gasteiger partial charge in [-0.05, 0) is 25.7 Å². The zero-order valence-electron chi connectivity index (χ0n) is 9.28. The van der Waals surface area contributed by atoms with E-state index in [-0.39, 0.29) is 12.0 Å². The third kappa shape index (κ3) is 2.69. The molecule has 0 atom stereocenters. The minimum absolute atomic E-state index is 0.0835. The molecule has 0 bridgehead atoms. The van der Waals surface area contributed by atoms with Crippen molar-refractivity contribution < 1.29 is 9.90 Å². The SMILES string of the molecule is CC(=O)N1CCC(NC2CC(O)C2)CC1. The predicted octanol–water partition coefficient (Wildman–Crippen LogP) is 0.110. The second-order valence-corrected chi connectivity index (χ2v) is 4.77. The normalized spacial score (nSPS) is 32.5. The first kappa shape index (κ1) is 10.9. The van der Waals surface area contributed by atoms with Crippen LogP contribution in [0.1, 0.15) is 32.6 Å². The van der Waals surface area contributed by atoms with Crippen molar-refractivity contribution in [2.75, 3.05) is 13.1 Å². The number of hydrogen-bond acceptors (Lipinski definition) is 3. The number of hydrogen-bond donors (Lipinski definition) is 2. The second-order valence-electron chi connectivity index (χ2n) is 4.77. The molecular formula is C11H20N2O2. The monoisotopic (exact) mass is 212 g/mol. The topological polar surface area (TPSA) is 52.6 Å². The summed E-state index contributed by atoms with van der Waals surface area (Å²) >= 11 is 0. The van der Waals surface area contributed by atoms with Crippen molar-refractivity contribution in [1.82, 2.24) is 10.2 Å². The number of carbonyl (C=O) groups is 1. The van der Waals surface area contributed by atoms with Crippen molar-refractivity contribution in [2.24, 2.45) is 0 Å². The van der Waals surface area contributed by atoms with E-state index < -0.39 is 0 Å².